The number of hydrogen-bond donors (Lipinski definition) is 4. The van der Waals surface area contributed by atoms with Crippen LogP contribution in [-0.2, 0) is 0 Å². The summed E-state index contributed by atoms with van der Waals surface area (Å²) >= 11 is 0. The molecule has 0 aromatic heterocycles. The highest BCUT2D eigenvalue weighted by Gasteiger charge is 1.93. The Labute approximate surface area is 47.6 Å². The van der Waals surface area contributed by atoms with Gasteiger partial charge in [-0.2, -0.15) is 0 Å². The van der Waals surface area contributed by atoms with Crippen molar-refractivity contribution in [2.45, 2.75) is 0 Å². The summed E-state index contributed by atoms with van der Waals surface area (Å²) in [6.07, 6.45) is 0. The van der Waals surface area contributed by atoms with Crippen molar-refractivity contribution < 1.29 is 10.2 Å². The number of rotatable bonds is 2. The van der Waals surface area contributed by atoms with Crippen molar-refractivity contribution in [2.24, 2.45) is 5.73 Å². The van der Waals surface area contributed by atoms with Crippen LogP contribution in [0, 0.1) is 0 Å². The van der Waals surface area contributed by atoms with Gasteiger partial charge < -0.3 is 21.3 Å². The number of hydrogen-bond acceptors (Lipinski definition) is 4. The average Bonchev–Trinajstić information content (AvgIpc) is 1.84. The summed E-state index contributed by atoms with van der Waals surface area (Å²) in [6, 6.07) is 0. The van der Waals surface area contributed by atoms with E-state index in [1.807, 2.05) is 0 Å². The van der Waals surface area contributed by atoms with Crippen LogP contribution in [0.1, 0.15) is 0 Å². The molecule has 0 aliphatic rings. The Kier molecular flexibility index (Phi) is 2.79. The Morgan fingerprint density at radius 1 is 1.75 bits per heavy atom. The van der Waals surface area contributed by atoms with Crippen molar-refractivity contribution in [3.63, 3.8) is 0 Å². The first-order valence-corrected chi connectivity index (χ1v) is 2.18. The van der Waals surface area contributed by atoms with Crippen molar-refractivity contribution in [1.29, 1.82) is 0 Å². The van der Waals surface area contributed by atoms with E-state index >= 15 is 0 Å². The lowest BCUT2D eigenvalue weighted by atomic mass is 10.5. The van der Waals surface area contributed by atoms with Gasteiger partial charge in [0.25, 0.3) is 0 Å². The van der Waals surface area contributed by atoms with E-state index in [4.69, 9.17) is 15.9 Å². The van der Waals surface area contributed by atoms with Gasteiger partial charge in [0.15, 0.2) is 0 Å². The molecule has 0 radical (unpaired) electrons. The molecule has 0 unspecified atom stereocenters. The Morgan fingerprint density at radius 3 is 2.38 bits per heavy atom. The largest absolute Gasteiger partial charge is 0.494 e. The van der Waals surface area contributed by atoms with Gasteiger partial charge in [-0.05, 0) is 0 Å². The molecule has 0 saturated carbocycles. The molecule has 8 heavy (non-hydrogen) atoms. The van der Waals surface area contributed by atoms with Gasteiger partial charge in [-0.3, -0.25) is 0 Å². The molecule has 0 spiro atoms. The molecule has 0 aromatic rings. The van der Waals surface area contributed by atoms with Crippen LogP contribution in [0.4, 0.5) is 0 Å². The Bertz CT molecular complexity index is 88.2. The quantitative estimate of drug-likeness (QED) is 0.346. The summed E-state index contributed by atoms with van der Waals surface area (Å²) in [5.74, 6) is -0.174. The molecule has 0 bridgehead atoms. The maximum Gasteiger partial charge on any atom is 0.205 e. The highest BCUT2D eigenvalue weighted by molar-refractivity contribution is 4.99. The third kappa shape index (κ3) is 1.70. The highest BCUT2D eigenvalue weighted by Crippen LogP contribution is 1.84. The minimum Gasteiger partial charge on any atom is -0.494 e. The Hall–Kier alpha value is -0.900. The van der Waals surface area contributed by atoms with Crippen molar-refractivity contribution in [1.82, 2.24) is 5.32 Å². The first-order chi connectivity index (χ1) is 3.72. The van der Waals surface area contributed by atoms with Crippen LogP contribution in [0.3, 0.4) is 0 Å². The van der Waals surface area contributed by atoms with Gasteiger partial charge in [0.05, 0.1) is 12.3 Å². The fourth-order valence-corrected chi connectivity index (χ4v) is 0.235. The normalized spacial score (nSPS) is 12.8. The molecule has 0 saturated heterocycles. The molecule has 5 N–H and O–H groups in total. The van der Waals surface area contributed by atoms with E-state index in [9.17, 15) is 0 Å². The lowest BCUT2D eigenvalue weighted by Crippen LogP contribution is -2.15. The molecule has 0 aliphatic heterocycles. The molecular formula is C4H10N2O2. The topological polar surface area (TPSA) is 78.5 Å². The second kappa shape index (κ2) is 3.15. The Morgan fingerprint density at radius 2 is 2.25 bits per heavy atom. The summed E-state index contributed by atoms with van der Waals surface area (Å²) in [5, 5.41) is 19.2. The number of nitrogens with two attached hydrogens (primary N) is 1. The molecule has 0 amide bonds. The molecule has 0 atom stereocenters. The minimum atomic E-state index is -0.327. The third-order valence-electron chi connectivity index (χ3n) is 0.711. The van der Waals surface area contributed by atoms with Gasteiger partial charge in [-0.15, -0.1) is 0 Å². The van der Waals surface area contributed by atoms with Crippen LogP contribution in [0.2, 0.25) is 0 Å². The van der Waals surface area contributed by atoms with Crippen LogP contribution in [0.25, 0.3) is 0 Å². The van der Waals surface area contributed by atoms with E-state index in [2.05, 4.69) is 5.32 Å². The van der Waals surface area contributed by atoms with E-state index in [-0.39, 0.29) is 18.2 Å². The maximum absolute atomic E-state index is 8.61. The van der Waals surface area contributed by atoms with E-state index in [1.54, 1.807) is 0 Å². The van der Waals surface area contributed by atoms with Crippen molar-refractivity contribution in [2.75, 3.05) is 13.7 Å². The summed E-state index contributed by atoms with van der Waals surface area (Å²) in [6.45, 7) is -0.327. The first-order valence-electron chi connectivity index (χ1n) is 2.18. The maximum atomic E-state index is 8.61. The zero-order valence-corrected chi connectivity index (χ0v) is 4.68. The van der Waals surface area contributed by atoms with Crippen molar-refractivity contribution in [3.05, 3.63) is 11.6 Å². The number of aliphatic hydroxyl groups is 2. The first kappa shape index (κ1) is 7.10. The fraction of sp³-hybridized carbons (Fsp3) is 0.500. The fourth-order valence-electron chi connectivity index (χ4n) is 0.235. The lowest BCUT2D eigenvalue weighted by Gasteiger charge is -1.99. The molecule has 0 aromatic carbocycles. The van der Waals surface area contributed by atoms with Crippen LogP contribution >= 0.6 is 0 Å². The molecule has 4 heteroatoms. The second-order valence-electron chi connectivity index (χ2n) is 1.28. The smallest absolute Gasteiger partial charge is 0.205 e. The predicted octanol–water partition coefficient (Wildman–Crippen LogP) is -1.12. The van der Waals surface area contributed by atoms with Crippen molar-refractivity contribution in [3.8, 4) is 0 Å². The van der Waals surface area contributed by atoms with Gasteiger partial charge >= 0.3 is 0 Å². The number of nitrogens with one attached hydrogen (secondary N) is 1. The van der Waals surface area contributed by atoms with E-state index in [1.165, 1.54) is 7.05 Å². The SMILES string of the molecule is CN/C(O)=C(\N)CO. The van der Waals surface area contributed by atoms with Gasteiger partial charge in [-0.25, -0.2) is 0 Å². The monoisotopic (exact) mass is 118 g/mol. The summed E-state index contributed by atoms with van der Waals surface area (Å²) in [5.41, 5.74) is 5.09. The van der Waals surface area contributed by atoms with Gasteiger partial charge in [0.2, 0.25) is 5.88 Å². The summed E-state index contributed by atoms with van der Waals surface area (Å²) in [7, 11) is 1.51. The van der Waals surface area contributed by atoms with E-state index < -0.39 is 0 Å². The molecular weight excluding hydrogens is 108 g/mol. The van der Waals surface area contributed by atoms with Crippen LogP contribution in [-0.4, -0.2) is 23.9 Å². The standard InChI is InChI=1S/C4H10N2O2/c1-6-4(8)3(5)2-7/h6-8H,2,5H2,1H3/b4-3+. The summed E-state index contributed by atoms with van der Waals surface area (Å²) in [4.78, 5) is 0. The second-order valence-corrected chi connectivity index (χ2v) is 1.28. The van der Waals surface area contributed by atoms with Gasteiger partial charge in [-0.1, -0.05) is 0 Å². The molecule has 0 rings (SSSR count). The van der Waals surface area contributed by atoms with Crippen LogP contribution in [0.15, 0.2) is 11.6 Å². The van der Waals surface area contributed by atoms with Crippen LogP contribution in [0.5, 0.6) is 0 Å². The third-order valence-corrected chi connectivity index (χ3v) is 0.711. The van der Waals surface area contributed by atoms with Gasteiger partial charge in [0, 0.05) is 7.05 Å². The molecule has 48 valence electrons. The molecule has 0 aliphatic carbocycles. The van der Waals surface area contributed by atoms with Gasteiger partial charge in [0.1, 0.15) is 0 Å². The van der Waals surface area contributed by atoms with Crippen LogP contribution < -0.4 is 11.1 Å². The Balaban J connectivity index is 3.83. The molecule has 0 heterocycles. The average molecular weight is 118 g/mol. The molecule has 0 fully saturated rings. The lowest BCUT2D eigenvalue weighted by molar-refractivity contribution is 0.303. The van der Waals surface area contributed by atoms with E-state index in [0.29, 0.717) is 0 Å². The minimum absolute atomic E-state index is 0.0486. The highest BCUT2D eigenvalue weighted by atomic mass is 16.3. The zero-order valence-electron chi connectivity index (χ0n) is 4.68. The molecule has 4 nitrogen and oxygen atoms in total. The van der Waals surface area contributed by atoms with Crippen molar-refractivity contribution >= 4 is 0 Å². The number of aliphatic hydroxyl groups excluding tert-OH is 2. The predicted molar refractivity (Wildman–Crippen MR) is 30.0 cm³/mol. The zero-order chi connectivity index (χ0) is 6.57. The van der Waals surface area contributed by atoms with E-state index in [0.717, 1.165) is 0 Å². The summed E-state index contributed by atoms with van der Waals surface area (Å²) < 4.78 is 0.